The summed E-state index contributed by atoms with van der Waals surface area (Å²) in [4.78, 5) is 0. The molecule has 78 valence electrons. The van der Waals surface area contributed by atoms with Crippen LogP contribution in [0.4, 0.5) is 0 Å². The normalized spacial score (nSPS) is 10.3. The van der Waals surface area contributed by atoms with Gasteiger partial charge < -0.3 is 4.74 Å². The van der Waals surface area contributed by atoms with E-state index in [4.69, 9.17) is 4.74 Å². The predicted octanol–water partition coefficient (Wildman–Crippen LogP) is 1.56. The van der Waals surface area contributed by atoms with Crippen molar-refractivity contribution in [1.82, 2.24) is 20.6 Å². The molecule has 0 aliphatic carbocycles. The standard InChI is InChI=1S/C9H9BrN4O/c1-15-8-3-2-7(10)4-6(8)5-9-11-13-14-12-9/h2-4H,5H2,1H3,(H,11,12,13,14). The van der Waals surface area contributed by atoms with Crippen molar-refractivity contribution in [3.63, 3.8) is 0 Å². The van der Waals surface area contributed by atoms with Gasteiger partial charge in [0.2, 0.25) is 0 Å². The number of hydrogen-bond donors (Lipinski definition) is 1. The summed E-state index contributed by atoms with van der Waals surface area (Å²) in [6.45, 7) is 0. The fraction of sp³-hybridized carbons (Fsp3) is 0.222. The van der Waals surface area contributed by atoms with Crippen molar-refractivity contribution >= 4 is 15.9 Å². The van der Waals surface area contributed by atoms with E-state index in [2.05, 4.69) is 36.6 Å². The number of aromatic nitrogens is 4. The third-order valence-electron chi connectivity index (χ3n) is 1.98. The molecule has 5 nitrogen and oxygen atoms in total. The van der Waals surface area contributed by atoms with E-state index in [0.29, 0.717) is 12.2 Å². The Morgan fingerprint density at radius 2 is 2.33 bits per heavy atom. The number of benzene rings is 1. The van der Waals surface area contributed by atoms with Crippen LogP contribution in [0.15, 0.2) is 22.7 Å². The number of H-pyrrole nitrogens is 1. The molecule has 0 aliphatic heterocycles. The Hall–Kier alpha value is -1.43. The fourth-order valence-corrected chi connectivity index (χ4v) is 1.72. The maximum Gasteiger partial charge on any atom is 0.179 e. The van der Waals surface area contributed by atoms with Crippen LogP contribution < -0.4 is 4.74 Å². The van der Waals surface area contributed by atoms with Gasteiger partial charge in [0, 0.05) is 16.5 Å². The number of methoxy groups -OCH3 is 1. The van der Waals surface area contributed by atoms with Gasteiger partial charge in [-0.25, -0.2) is 0 Å². The van der Waals surface area contributed by atoms with Crippen molar-refractivity contribution in [1.29, 1.82) is 0 Å². The number of rotatable bonds is 3. The minimum atomic E-state index is 0.596. The monoisotopic (exact) mass is 268 g/mol. The van der Waals surface area contributed by atoms with Crippen molar-refractivity contribution in [2.45, 2.75) is 6.42 Å². The molecule has 0 radical (unpaired) electrons. The van der Waals surface area contributed by atoms with Crippen LogP contribution in [-0.2, 0) is 6.42 Å². The first-order chi connectivity index (χ1) is 7.29. The summed E-state index contributed by atoms with van der Waals surface area (Å²) >= 11 is 3.41. The summed E-state index contributed by atoms with van der Waals surface area (Å²) in [5.41, 5.74) is 1.02. The van der Waals surface area contributed by atoms with E-state index >= 15 is 0 Å². The molecule has 0 fully saturated rings. The van der Waals surface area contributed by atoms with Crippen molar-refractivity contribution in [2.75, 3.05) is 7.11 Å². The van der Waals surface area contributed by atoms with E-state index in [1.807, 2.05) is 18.2 Å². The average Bonchev–Trinajstić information content (AvgIpc) is 2.71. The lowest BCUT2D eigenvalue weighted by atomic mass is 10.1. The third-order valence-corrected chi connectivity index (χ3v) is 2.47. The quantitative estimate of drug-likeness (QED) is 0.918. The number of nitrogens with zero attached hydrogens (tertiary/aromatic N) is 3. The number of nitrogens with one attached hydrogen (secondary N) is 1. The van der Waals surface area contributed by atoms with Gasteiger partial charge in [0.25, 0.3) is 0 Å². The summed E-state index contributed by atoms with van der Waals surface area (Å²) in [5, 5.41) is 13.7. The lowest BCUT2D eigenvalue weighted by Crippen LogP contribution is -1.95. The van der Waals surface area contributed by atoms with Crippen molar-refractivity contribution < 1.29 is 4.74 Å². The van der Waals surface area contributed by atoms with E-state index in [1.165, 1.54) is 0 Å². The predicted molar refractivity (Wildman–Crippen MR) is 57.7 cm³/mol. The van der Waals surface area contributed by atoms with Crippen LogP contribution in [0.1, 0.15) is 11.4 Å². The minimum Gasteiger partial charge on any atom is -0.496 e. The van der Waals surface area contributed by atoms with Crippen LogP contribution in [0.25, 0.3) is 0 Å². The molecule has 6 heteroatoms. The molecule has 2 rings (SSSR count). The molecule has 0 atom stereocenters. The Morgan fingerprint density at radius 3 is 3.00 bits per heavy atom. The highest BCUT2D eigenvalue weighted by Gasteiger charge is 2.07. The molecule has 0 saturated heterocycles. The molecular weight excluding hydrogens is 260 g/mol. The van der Waals surface area contributed by atoms with Crippen molar-refractivity contribution in [2.24, 2.45) is 0 Å². The van der Waals surface area contributed by atoms with E-state index in [9.17, 15) is 0 Å². The molecule has 0 bridgehead atoms. The molecule has 0 saturated carbocycles. The zero-order chi connectivity index (χ0) is 10.7. The van der Waals surface area contributed by atoms with Crippen LogP contribution in [0.2, 0.25) is 0 Å². The van der Waals surface area contributed by atoms with Gasteiger partial charge in [-0.3, -0.25) is 0 Å². The Kier molecular flexibility index (Phi) is 2.96. The highest BCUT2D eigenvalue weighted by Crippen LogP contribution is 2.24. The SMILES string of the molecule is COc1ccc(Br)cc1Cc1nn[nH]n1. The highest BCUT2D eigenvalue weighted by molar-refractivity contribution is 9.10. The molecule has 2 aromatic rings. The number of halogens is 1. The van der Waals surface area contributed by atoms with Crippen molar-refractivity contribution in [3.8, 4) is 5.75 Å². The van der Waals surface area contributed by atoms with Crippen LogP contribution in [0.5, 0.6) is 5.75 Å². The number of ether oxygens (including phenoxy) is 1. The third kappa shape index (κ3) is 2.33. The van der Waals surface area contributed by atoms with Crippen LogP contribution >= 0.6 is 15.9 Å². The Morgan fingerprint density at radius 1 is 1.47 bits per heavy atom. The second kappa shape index (κ2) is 4.39. The second-order valence-electron chi connectivity index (χ2n) is 2.96. The van der Waals surface area contributed by atoms with Crippen LogP contribution in [0, 0.1) is 0 Å². The zero-order valence-electron chi connectivity index (χ0n) is 8.07. The van der Waals surface area contributed by atoms with Gasteiger partial charge in [0.15, 0.2) is 5.82 Å². The minimum absolute atomic E-state index is 0.596. The van der Waals surface area contributed by atoms with Gasteiger partial charge in [-0.15, -0.1) is 10.2 Å². The average molecular weight is 269 g/mol. The summed E-state index contributed by atoms with van der Waals surface area (Å²) in [6, 6.07) is 5.81. The van der Waals surface area contributed by atoms with E-state index in [-0.39, 0.29) is 0 Å². The zero-order valence-corrected chi connectivity index (χ0v) is 9.65. The van der Waals surface area contributed by atoms with Crippen LogP contribution in [0.3, 0.4) is 0 Å². The van der Waals surface area contributed by atoms with E-state index < -0.39 is 0 Å². The van der Waals surface area contributed by atoms with Gasteiger partial charge in [0.1, 0.15) is 5.75 Å². The van der Waals surface area contributed by atoms with Crippen molar-refractivity contribution in [3.05, 3.63) is 34.1 Å². The van der Waals surface area contributed by atoms with Crippen LogP contribution in [-0.4, -0.2) is 27.7 Å². The maximum atomic E-state index is 5.24. The van der Waals surface area contributed by atoms with Gasteiger partial charge in [-0.05, 0) is 18.2 Å². The lowest BCUT2D eigenvalue weighted by molar-refractivity contribution is 0.410. The molecule has 1 heterocycles. The first kappa shape index (κ1) is 10.1. The molecule has 1 N–H and O–H groups in total. The second-order valence-corrected chi connectivity index (χ2v) is 3.88. The Labute approximate surface area is 95.0 Å². The highest BCUT2D eigenvalue weighted by atomic mass is 79.9. The van der Waals surface area contributed by atoms with Gasteiger partial charge in [-0.2, -0.15) is 5.21 Å². The summed E-state index contributed by atoms with van der Waals surface area (Å²) in [7, 11) is 1.64. The molecular formula is C9H9BrN4O. The first-order valence-electron chi connectivity index (χ1n) is 4.34. The van der Waals surface area contributed by atoms with E-state index in [1.54, 1.807) is 7.11 Å². The fourth-order valence-electron chi connectivity index (χ4n) is 1.31. The number of tetrazole rings is 1. The van der Waals surface area contributed by atoms with E-state index in [0.717, 1.165) is 15.8 Å². The maximum absolute atomic E-state index is 5.24. The Balaban J connectivity index is 2.30. The number of aromatic amines is 1. The molecule has 0 amide bonds. The smallest absolute Gasteiger partial charge is 0.179 e. The molecule has 1 aromatic heterocycles. The largest absolute Gasteiger partial charge is 0.496 e. The number of hydrogen-bond acceptors (Lipinski definition) is 4. The molecule has 0 spiro atoms. The Bertz CT molecular complexity index is 443. The molecule has 15 heavy (non-hydrogen) atoms. The molecule has 1 aromatic carbocycles. The summed E-state index contributed by atoms with van der Waals surface area (Å²) in [6.07, 6.45) is 0.596. The van der Waals surface area contributed by atoms with Gasteiger partial charge in [-0.1, -0.05) is 21.1 Å². The summed E-state index contributed by atoms with van der Waals surface area (Å²) in [5.74, 6) is 1.47. The molecule has 0 unspecified atom stereocenters. The molecule has 0 aliphatic rings. The first-order valence-corrected chi connectivity index (χ1v) is 5.13. The lowest BCUT2D eigenvalue weighted by Gasteiger charge is -2.06. The van der Waals surface area contributed by atoms with Gasteiger partial charge in [0.05, 0.1) is 7.11 Å². The topological polar surface area (TPSA) is 63.7 Å². The summed E-state index contributed by atoms with van der Waals surface area (Å²) < 4.78 is 6.24. The van der Waals surface area contributed by atoms with Gasteiger partial charge >= 0.3 is 0 Å².